The van der Waals surface area contributed by atoms with Gasteiger partial charge in [0.1, 0.15) is 12.4 Å². The van der Waals surface area contributed by atoms with Crippen molar-refractivity contribution in [3.05, 3.63) is 23.8 Å². The quantitative estimate of drug-likeness (QED) is 0.324. The molecule has 1 aliphatic rings. The summed E-state index contributed by atoms with van der Waals surface area (Å²) in [6, 6.07) is 5.33. The molecule has 0 saturated heterocycles. The lowest BCUT2D eigenvalue weighted by atomic mass is 10.0. The Morgan fingerprint density at radius 1 is 1.35 bits per heavy atom. The van der Waals surface area contributed by atoms with E-state index in [0.717, 1.165) is 5.56 Å². The molecule has 1 N–H and O–H groups in total. The van der Waals surface area contributed by atoms with Crippen molar-refractivity contribution in [3.63, 3.8) is 0 Å². The van der Waals surface area contributed by atoms with Crippen LogP contribution in [0.4, 0.5) is 5.69 Å². The number of rotatable bonds is 6. The Balaban J connectivity index is 2.23. The molecule has 0 bridgehead atoms. The van der Waals surface area contributed by atoms with E-state index in [2.05, 4.69) is 0 Å². The zero-order valence-corrected chi connectivity index (χ0v) is 17.0. The third-order valence-corrected chi connectivity index (χ3v) is 4.33. The van der Waals surface area contributed by atoms with Gasteiger partial charge in [0.05, 0.1) is 5.69 Å². The first-order valence-corrected chi connectivity index (χ1v) is 9.11. The molecule has 26 heavy (non-hydrogen) atoms. The molecule has 1 aliphatic heterocycles. The number of halogens is 3. The van der Waals surface area contributed by atoms with E-state index in [1.807, 2.05) is 0 Å². The van der Waals surface area contributed by atoms with Crippen molar-refractivity contribution in [2.24, 2.45) is 0 Å². The molecule has 0 spiro atoms. The number of nitrogens with zero attached hydrogens (tertiary/aromatic N) is 1. The molecule has 0 atom stereocenters. The van der Waals surface area contributed by atoms with E-state index in [-0.39, 0.29) is 12.5 Å². The van der Waals surface area contributed by atoms with Crippen molar-refractivity contribution in [2.45, 2.75) is 36.3 Å². The summed E-state index contributed by atoms with van der Waals surface area (Å²) in [6.45, 7) is 4.55. The number of carbonyl (C=O) groups is 1. The summed E-state index contributed by atoms with van der Waals surface area (Å²) >= 11 is 16.8. The Hall–Kier alpha value is -1.21. The SMILES string of the molecule is COCCCN1C(=O)C(C)(C)Oc2ccc(COC(=N)C(Cl)(Cl)Cl)cc21. The number of methoxy groups -OCH3 is 1. The molecule has 0 radical (unpaired) electrons. The van der Waals surface area contributed by atoms with Crippen LogP contribution in [0.2, 0.25) is 0 Å². The summed E-state index contributed by atoms with van der Waals surface area (Å²) in [7, 11) is 1.62. The predicted molar refractivity (Wildman–Crippen MR) is 103 cm³/mol. The van der Waals surface area contributed by atoms with Crippen LogP contribution in [0.15, 0.2) is 18.2 Å². The molecular weight excluding hydrogens is 403 g/mol. The highest BCUT2D eigenvalue weighted by atomic mass is 35.6. The molecule has 0 aliphatic carbocycles. The molecule has 2 rings (SSSR count). The van der Waals surface area contributed by atoms with Crippen LogP contribution >= 0.6 is 34.8 Å². The third-order valence-electron chi connectivity index (χ3n) is 3.81. The summed E-state index contributed by atoms with van der Waals surface area (Å²) in [5.41, 5.74) is 0.415. The van der Waals surface area contributed by atoms with Gasteiger partial charge in [-0.2, -0.15) is 0 Å². The van der Waals surface area contributed by atoms with Crippen molar-refractivity contribution >= 4 is 52.3 Å². The summed E-state index contributed by atoms with van der Waals surface area (Å²) < 4.78 is 14.2. The highest BCUT2D eigenvalue weighted by Gasteiger charge is 2.40. The number of hydrogen-bond acceptors (Lipinski definition) is 5. The van der Waals surface area contributed by atoms with Gasteiger partial charge < -0.3 is 19.1 Å². The van der Waals surface area contributed by atoms with Gasteiger partial charge in [0.25, 0.3) is 9.70 Å². The minimum absolute atomic E-state index is 0.0313. The normalized spacial score (nSPS) is 16.1. The maximum absolute atomic E-state index is 12.8. The Morgan fingerprint density at radius 3 is 2.65 bits per heavy atom. The summed E-state index contributed by atoms with van der Waals surface area (Å²) in [5, 5.41) is 7.59. The standard InChI is InChI=1S/C17H21Cl3N2O4/c1-16(2)15(23)22(7-4-8-24-3)12-9-11(5-6-13(12)26-16)10-25-14(21)17(18,19)20/h5-6,9,21H,4,7-8,10H2,1-3H3. The van der Waals surface area contributed by atoms with E-state index in [4.69, 9.17) is 54.4 Å². The molecule has 6 nitrogen and oxygen atoms in total. The molecule has 1 aromatic rings. The molecule has 0 unspecified atom stereocenters. The third kappa shape index (κ3) is 4.94. The van der Waals surface area contributed by atoms with Gasteiger partial charge in [0.2, 0.25) is 5.90 Å². The van der Waals surface area contributed by atoms with Crippen LogP contribution in [0.3, 0.4) is 0 Å². The zero-order chi connectivity index (χ0) is 19.5. The zero-order valence-electron chi connectivity index (χ0n) is 14.8. The number of ether oxygens (including phenoxy) is 3. The van der Waals surface area contributed by atoms with Gasteiger partial charge in [-0.1, -0.05) is 40.9 Å². The van der Waals surface area contributed by atoms with Crippen molar-refractivity contribution in [1.29, 1.82) is 5.41 Å². The lowest BCUT2D eigenvalue weighted by molar-refractivity contribution is -0.132. The molecule has 9 heteroatoms. The maximum atomic E-state index is 12.8. The van der Waals surface area contributed by atoms with Crippen LogP contribution < -0.4 is 9.64 Å². The minimum atomic E-state index is -1.91. The van der Waals surface area contributed by atoms with E-state index in [9.17, 15) is 4.79 Å². The molecule has 144 valence electrons. The van der Waals surface area contributed by atoms with Crippen molar-refractivity contribution < 1.29 is 19.0 Å². The van der Waals surface area contributed by atoms with E-state index in [0.29, 0.717) is 31.0 Å². The average molecular weight is 424 g/mol. The van der Waals surface area contributed by atoms with Gasteiger partial charge in [-0.3, -0.25) is 10.2 Å². The van der Waals surface area contributed by atoms with Crippen molar-refractivity contribution in [1.82, 2.24) is 0 Å². The number of fused-ring (bicyclic) bond motifs is 1. The molecular formula is C17H21Cl3N2O4. The Bertz CT molecular complexity index is 689. The fourth-order valence-electron chi connectivity index (χ4n) is 2.53. The van der Waals surface area contributed by atoms with Gasteiger partial charge >= 0.3 is 0 Å². The van der Waals surface area contributed by atoms with Gasteiger partial charge in [-0.15, -0.1) is 0 Å². The number of amides is 1. The largest absolute Gasteiger partial charge is 0.476 e. The van der Waals surface area contributed by atoms with Crippen molar-refractivity contribution in [3.8, 4) is 5.75 Å². The summed E-state index contributed by atoms with van der Waals surface area (Å²) in [6.07, 6.45) is 0.691. The lowest BCUT2D eigenvalue weighted by Gasteiger charge is -2.39. The summed E-state index contributed by atoms with van der Waals surface area (Å²) in [5.74, 6) is 0.00561. The fourth-order valence-corrected chi connectivity index (χ4v) is 2.69. The van der Waals surface area contributed by atoms with Gasteiger partial charge in [-0.25, -0.2) is 0 Å². The smallest absolute Gasteiger partial charge is 0.270 e. The van der Waals surface area contributed by atoms with Crippen LogP contribution in [0.25, 0.3) is 0 Å². The highest BCUT2D eigenvalue weighted by Crippen LogP contribution is 2.38. The van der Waals surface area contributed by atoms with Crippen LogP contribution in [0.5, 0.6) is 5.75 Å². The second kappa shape index (κ2) is 8.21. The van der Waals surface area contributed by atoms with E-state index in [1.165, 1.54) is 0 Å². The molecule has 0 saturated carbocycles. The first kappa shape index (κ1) is 21.1. The van der Waals surface area contributed by atoms with E-state index in [1.54, 1.807) is 44.1 Å². The first-order chi connectivity index (χ1) is 12.1. The predicted octanol–water partition coefficient (Wildman–Crippen LogP) is 4.09. The Labute approximate surface area is 167 Å². The number of alkyl halides is 3. The first-order valence-electron chi connectivity index (χ1n) is 7.97. The molecule has 1 heterocycles. The van der Waals surface area contributed by atoms with Gasteiger partial charge in [0.15, 0.2) is 5.60 Å². The molecule has 0 fully saturated rings. The number of nitrogens with one attached hydrogen (secondary N) is 1. The van der Waals surface area contributed by atoms with E-state index < -0.39 is 15.3 Å². The van der Waals surface area contributed by atoms with Crippen molar-refractivity contribution in [2.75, 3.05) is 25.2 Å². The van der Waals surface area contributed by atoms with Crippen LogP contribution in [0.1, 0.15) is 25.8 Å². The Kier molecular flexibility index (Phi) is 6.66. The molecule has 1 amide bonds. The minimum Gasteiger partial charge on any atom is -0.476 e. The average Bonchev–Trinajstić information content (AvgIpc) is 2.55. The van der Waals surface area contributed by atoms with E-state index >= 15 is 0 Å². The second-order valence-corrected chi connectivity index (χ2v) is 8.61. The topological polar surface area (TPSA) is 71.8 Å². The molecule has 1 aromatic carbocycles. The molecule has 0 aromatic heterocycles. The number of hydrogen-bond donors (Lipinski definition) is 1. The second-order valence-electron chi connectivity index (χ2n) is 6.33. The van der Waals surface area contributed by atoms with Gasteiger partial charge in [-0.05, 0) is 38.0 Å². The number of carbonyl (C=O) groups excluding carboxylic acids is 1. The van der Waals surface area contributed by atoms with Crippen LogP contribution in [0, 0.1) is 5.41 Å². The highest BCUT2D eigenvalue weighted by molar-refractivity contribution is 6.76. The van der Waals surface area contributed by atoms with Gasteiger partial charge in [0, 0.05) is 20.3 Å². The summed E-state index contributed by atoms with van der Waals surface area (Å²) in [4.78, 5) is 14.4. The van der Waals surface area contributed by atoms with Crippen LogP contribution in [-0.4, -0.2) is 41.5 Å². The Morgan fingerprint density at radius 2 is 2.04 bits per heavy atom. The monoisotopic (exact) mass is 422 g/mol. The number of benzene rings is 1. The number of anilines is 1. The lowest BCUT2D eigenvalue weighted by Crippen LogP contribution is -2.52. The fraction of sp³-hybridized carbons (Fsp3) is 0.529. The maximum Gasteiger partial charge on any atom is 0.270 e. The van der Waals surface area contributed by atoms with Crippen LogP contribution in [-0.2, 0) is 20.9 Å².